The van der Waals surface area contributed by atoms with E-state index in [4.69, 9.17) is 21.1 Å². The number of fused-ring (bicyclic) bond motifs is 1. The minimum absolute atomic E-state index is 0.0420. The van der Waals surface area contributed by atoms with Crippen molar-refractivity contribution >= 4 is 34.3 Å². The normalized spacial score (nSPS) is 13.8. The maximum Gasteiger partial charge on any atom is 0.260 e. The number of rotatable bonds is 6. The topological polar surface area (TPSA) is 72.0 Å². The summed E-state index contributed by atoms with van der Waals surface area (Å²) < 4.78 is 11.0. The molecule has 0 atom stereocenters. The molecule has 0 radical (unpaired) electrons. The zero-order chi connectivity index (χ0) is 22.5. The molecule has 8 heteroatoms. The summed E-state index contributed by atoms with van der Waals surface area (Å²) in [6, 6.07) is 14.6. The molecule has 1 aliphatic rings. The molecular formula is C24H24ClN3O4. The molecule has 32 heavy (non-hydrogen) atoms. The number of methoxy groups -OCH3 is 1. The number of pyridine rings is 1. The first kappa shape index (κ1) is 21.9. The maximum absolute atomic E-state index is 12.6. The van der Waals surface area contributed by atoms with Crippen LogP contribution in [-0.4, -0.2) is 66.5 Å². The molecule has 1 fully saturated rings. The summed E-state index contributed by atoms with van der Waals surface area (Å²) in [5, 5.41) is 1.36. The van der Waals surface area contributed by atoms with E-state index in [1.807, 2.05) is 30.3 Å². The summed E-state index contributed by atoms with van der Waals surface area (Å²) in [5.74, 6) is 1.17. The van der Waals surface area contributed by atoms with Crippen LogP contribution in [0.15, 0.2) is 54.7 Å². The number of benzene rings is 2. The number of carbonyl (C=O) groups is 2. The number of carbonyl (C=O) groups excluding carboxylic acids is 2. The van der Waals surface area contributed by atoms with Gasteiger partial charge in [-0.25, -0.2) is 0 Å². The molecule has 3 aromatic rings. The number of ether oxygens (including phenoxy) is 2. The molecule has 166 valence electrons. The van der Waals surface area contributed by atoms with Crippen LogP contribution in [0.1, 0.15) is 5.56 Å². The van der Waals surface area contributed by atoms with E-state index in [1.54, 1.807) is 41.3 Å². The summed E-state index contributed by atoms with van der Waals surface area (Å²) in [7, 11) is 1.60. The van der Waals surface area contributed by atoms with Crippen molar-refractivity contribution in [3.05, 3.63) is 65.3 Å². The fraction of sp³-hybridized carbons (Fsp3) is 0.292. The zero-order valence-electron chi connectivity index (χ0n) is 17.8. The molecule has 2 aromatic carbocycles. The van der Waals surface area contributed by atoms with Crippen molar-refractivity contribution in [3.63, 3.8) is 0 Å². The Morgan fingerprint density at radius 2 is 1.75 bits per heavy atom. The van der Waals surface area contributed by atoms with E-state index >= 15 is 0 Å². The lowest BCUT2D eigenvalue weighted by Gasteiger charge is -2.34. The minimum Gasteiger partial charge on any atom is -0.497 e. The lowest BCUT2D eigenvalue weighted by Crippen LogP contribution is -2.52. The molecule has 1 saturated heterocycles. The van der Waals surface area contributed by atoms with Gasteiger partial charge in [0.05, 0.1) is 18.6 Å². The largest absolute Gasteiger partial charge is 0.497 e. The van der Waals surface area contributed by atoms with Gasteiger partial charge < -0.3 is 19.3 Å². The Bertz CT molecular complexity index is 1130. The van der Waals surface area contributed by atoms with Crippen LogP contribution in [0.3, 0.4) is 0 Å². The molecule has 7 nitrogen and oxygen atoms in total. The second-order valence-corrected chi connectivity index (χ2v) is 7.93. The van der Waals surface area contributed by atoms with Gasteiger partial charge in [-0.2, -0.15) is 0 Å². The molecule has 1 aromatic heterocycles. The summed E-state index contributed by atoms with van der Waals surface area (Å²) in [4.78, 5) is 33.1. The third-order valence-corrected chi connectivity index (χ3v) is 5.83. The van der Waals surface area contributed by atoms with Crippen molar-refractivity contribution in [2.24, 2.45) is 0 Å². The predicted molar refractivity (Wildman–Crippen MR) is 122 cm³/mol. The van der Waals surface area contributed by atoms with Crippen LogP contribution in [-0.2, 0) is 16.0 Å². The van der Waals surface area contributed by atoms with Crippen molar-refractivity contribution < 1.29 is 19.1 Å². The minimum atomic E-state index is -0.121. The fourth-order valence-electron chi connectivity index (χ4n) is 3.73. The zero-order valence-corrected chi connectivity index (χ0v) is 18.5. The van der Waals surface area contributed by atoms with Crippen molar-refractivity contribution in [2.45, 2.75) is 6.42 Å². The van der Waals surface area contributed by atoms with Gasteiger partial charge in [0.1, 0.15) is 17.0 Å². The molecule has 0 spiro atoms. The van der Waals surface area contributed by atoms with Gasteiger partial charge in [-0.15, -0.1) is 0 Å². The molecule has 0 unspecified atom stereocenters. The van der Waals surface area contributed by atoms with E-state index in [0.29, 0.717) is 48.9 Å². The number of aromatic nitrogens is 1. The number of hydrogen-bond donors (Lipinski definition) is 0. The number of amides is 2. The SMILES string of the molecule is COc1cccc(CC(=O)N2CCN(C(=O)COc3ccc(Cl)c4cccnc34)CC2)c1. The summed E-state index contributed by atoms with van der Waals surface area (Å²) in [5.41, 5.74) is 1.53. The number of halogens is 1. The molecule has 1 aliphatic heterocycles. The molecule has 0 saturated carbocycles. The van der Waals surface area contributed by atoms with E-state index in [-0.39, 0.29) is 18.4 Å². The van der Waals surface area contributed by atoms with Crippen LogP contribution in [0.2, 0.25) is 5.02 Å². The summed E-state index contributed by atoms with van der Waals surface area (Å²) in [6.07, 6.45) is 1.97. The molecule has 0 N–H and O–H groups in total. The average Bonchev–Trinajstić information content (AvgIpc) is 2.84. The highest BCUT2D eigenvalue weighted by atomic mass is 35.5. The lowest BCUT2D eigenvalue weighted by atomic mass is 10.1. The molecular weight excluding hydrogens is 430 g/mol. The second kappa shape index (κ2) is 9.87. The third kappa shape index (κ3) is 4.94. The van der Waals surface area contributed by atoms with E-state index in [9.17, 15) is 9.59 Å². The van der Waals surface area contributed by atoms with Gasteiger partial charge in [-0.3, -0.25) is 14.6 Å². The monoisotopic (exact) mass is 453 g/mol. The van der Waals surface area contributed by atoms with E-state index in [2.05, 4.69) is 4.98 Å². The lowest BCUT2D eigenvalue weighted by molar-refractivity contribution is -0.140. The van der Waals surface area contributed by atoms with Crippen molar-refractivity contribution in [3.8, 4) is 11.5 Å². The van der Waals surface area contributed by atoms with Gasteiger partial charge in [-0.05, 0) is 42.0 Å². The number of hydrogen-bond acceptors (Lipinski definition) is 5. The number of piperazine rings is 1. The molecule has 0 bridgehead atoms. The predicted octanol–water partition coefficient (Wildman–Crippen LogP) is 3.19. The summed E-state index contributed by atoms with van der Waals surface area (Å²) in [6.45, 7) is 1.86. The van der Waals surface area contributed by atoms with Gasteiger partial charge in [0.15, 0.2) is 6.61 Å². The van der Waals surface area contributed by atoms with Gasteiger partial charge in [0.2, 0.25) is 5.91 Å². The highest BCUT2D eigenvalue weighted by molar-refractivity contribution is 6.35. The van der Waals surface area contributed by atoms with Gasteiger partial charge in [-0.1, -0.05) is 23.7 Å². The molecule has 2 heterocycles. The molecule has 2 amide bonds. The second-order valence-electron chi connectivity index (χ2n) is 7.52. The fourth-order valence-corrected chi connectivity index (χ4v) is 3.95. The van der Waals surface area contributed by atoms with Crippen LogP contribution in [0.4, 0.5) is 0 Å². The molecule has 4 rings (SSSR count). The van der Waals surface area contributed by atoms with Crippen LogP contribution >= 0.6 is 11.6 Å². The van der Waals surface area contributed by atoms with Crippen LogP contribution in [0.5, 0.6) is 11.5 Å². The highest BCUT2D eigenvalue weighted by Crippen LogP contribution is 2.29. The Hall–Kier alpha value is -3.32. The van der Waals surface area contributed by atoms with Gasteiger partial charge in [0.25, 0.3) is 5.91 Å². The van der Waals surface area contributed by atoms with Gasteiger partial charge >= 0.3 is 0 Å². The first-order valence-corrected chi connectivity index (χ1v) is 10.8. The van der Waals surface area contributed by atoms with Crippen molar-refractivity contribution in [1.82, 2.24) is 14.8 Å². The first-order valence-electron chi connectivity index (χ1n) is 10.4. The Morgan fingerprint density at radius 1 is 1.00 bits per heavy atom. The van der Waals surface area contributed by atoms with E-state index in [0.717, 1.165) is 16.7 Å². The Morgan fingerprint density at radius 3 is 2.50 bits per heavy atom. The van der Waals surface area contributed by atoms with Gasteiger partial charge in [0, 0.05) is 37.8 Å². The first-order chi connectivity index (χ1) is 15.5. The quantitative estimate of drug-likeness (QED) is 0.573. The standard InChI is InChI=1S/C24H24ClN3O4/c1-31-18-5-2-4-17(14-18)15-22(29)27-10-12-28(13-11-27)23(30)16-32-21-8-7-20(25)19-6-3-9-26-24(19)21/h2-9,14H,10-13,15-16H2,1H3. The Kier molecular flexibility index (Phi) is 6.75. The highest BCUT2D eigenvalue weighted by Gasteiger charge is 2.24. The summed E-state index contributed by atoms with van der Waals surface area (Å²) >= 11 is 6.21. The van der Waals surface area contributed by atoms with Crippen LogP contribution in [0, 0.1) is 0 Å². The van der Waals surface area contributed by atoms with E-state index in [1.165, 1.54) is 0 Å². The van der Waals surface area contributed by atoms with Crippen LogP contribution in [0.25, 0.3) is 10.9 Å². The van der Waals surface area contributed by atoms with Crippen molar-refractivity contribution in [1.29, 1.82) is 0 Å². The van der Waals surface area contributed by atoms with Crippen LogP contribution < -0.4 is 9.47 Å². The van der Waals surface area contributed by atoms with Crippen molar-refractivity contribution in [2.75, 3.05) is 39.9 Å². The third-order valence-electron chi connectivity index (χ3n) is 5.51. The molecule has 0 aliphatic carbocycles. The average molecular weight is 454 g/mol. The Labute approximate surface area is 191 Å². The smallest absolute Gasteiger partial charge is 0.260 e. The maximum atomic E-state index is 12.6. The Balaban J connectivity index is 1.29. The van der Waals surface area contributed by atoms with E-state index < -0.39 is 0 Å². The number of nitrogens with zero attached hydrogens (tertiary/aromatic N) is 3.